The maximum atomic E-state index is 10.9. The fourth-order valence-electron chi connectivity index (χ4n) is 2.51. The number of esters is 1. The van der Waals surface area contributed by atoms with E-state index in [0.717, 1.165) is 6.42 Å². The molecule has 1 aromatic carbocycles. The quantitative estimate of drug-likeness (QED) is 0.544. The Morgan fingerprint density at radius 2 is 2.06 bits per heavy atom. The lowest BCUT2D eigenvalue weighted by molar-refractivity contribution is -0.131. The molecular formula is C15H18O2. The van der Waals surface area contributed by atoms with Crippen molar-refractivity contribution >= 4 is 11.5 Å². The number of ether oxygens (including phenoxy) is 1. The number of rotatable bonds is 1. The molecular weight excluding hydrogens is 212 g/mol. The van der Waals surface area contributed by atoms with E-state index in [0.29, 0.717) is 5.75 Å². The largest absolute Gasteiger partial charge is 0.427 e. The van der Waals surface area contributed by atoms with Crippen molar-refractivity contribution in [1.29, 1.82) is 0 Å². The van der Waals surface area contributed by atoms with E-state index in [1.165, 1.54) is 23.6 Å². The van der Waals surface area contributed by atoms with Crippen LogP contribution in [0.2, 0.25) is 0 Å². The molecule has 0 aromatic heterocycles. The van der Waals surface area contributed by atoms with E-state index in [4.69, 9.17) is 4.74 Å². The Kier molecular flexibility index (Phi) is 2.82. The van der Waals surface area contributed by atoms with Gasteiger partial charge in [0, 0.05) is 6.92 Å². The smallest absolute Gasteiger partial charge is 0.308 e. The van der Waals surface area contributed by atoms with Crippen LogP contribution in [0.15, 0.2) is 24.3 Å². The van der Waals surface area contributed by atoms with Gasteiger partial charge < -0.3 is 4.74 Å². The lowest BCUT2D eigenvalue weighted by atomic mass is 9.76. The van der Waals surface area contributed by atoms with Gasteiger partial charge in [0.05, 0.1) is 0 Å². The minimum absolute atomic E-state index is 0.208. The van der Waals surface area contributed by atoms with E-state index >= 15 is 0 Å². The maximum Gasteiger partial charge on any atom is 0.308 e. The monoisotopic (exact) mass is 230 g/mol. The van der Waals surface area contributed by atoms with Crippen molar-refractivity contribution in [3.8, 4) is 5.75 Å². The Bertz CT molecular complexity index is 496. The topological polar surface area (TPSA) is 26.3 Å². The number of hydrogen-bond donors (Lipinski definition) is 0. The Morgan fingerprint density at radius 3 is 2.71 bits per heavy atom. The van der Waals surface area contributed by atoms with Crippen LogP contribution in [0.5, 0.6) is 5.75 Å². The highest BCUT2D eigenvalue weighted by atomic mass is 16.5. The van der Waals surface area contributed by atoms with Crippen LogP contribution >= 0.6 is 0 Å². The predicted molar refractivity (Wildman–Crippen MR) is 68.9 cm³/mol. The lowest BCUT2D eigenvalue weighted by Gasteiger charge is -2.28. The normalized spacial score (nSPS) is 17.1. The molecule has 17 heavy (non-hydrogen) atoms. The molecule has 0 fully saturated rings. The van der Waals surface area contributed by atoms with E-state index in [1.807, 2.05) is 12.1 Å². The van der Waals surface area contributed by atoms with E-state index in [2.05, 4.69) is 32.9 Å². The average Bonchev–Trinajstić information content (AvgIpc) is 2.16. The fraction of sp³-hybridized carbons (Fsp3) is 0.400. The summed E-state index contributed by atoms with van der Waals surface area (Å²) in [4.78, 5) is 10.9. The van der Waals surface area contributed by atoms with Gasteiger partial charge in [-0.1, -0.05) is 26.0 Å². The molecule has 0 bridgehead atoms. The molecule has 1 aliphatic rings. The fourth-order valence-corrected chi connectivity index (χ4v) is 2.51. The molecule has 2 rings (SSSR count). The summed E-state index contributed by atoms with van der Waals surface area (Å²) in [5, 5.41) is 0. The molecule has 0 saturated carbocycles. The Balaban J connectivity index is 2.41. The maximum absolute atomic E-state index is 10.9. The third-order valence-electron chi connectivity index (χ3n) is 3.02. The molecule has 2 nitrogen and oxygen atoms in total. The molecule has 0 heterocycles. The number of allylic oxidation sites excluding steroid dienone is 2. The van der Waals surface area contributed by atoms with Gasteiger partial charge in [-0.05, 0) is 47.6 Å². The summed E-state index contributed by atoms with van der Waals surface area (Å²) in [5.41, 5.74) is 3.99. The number of benzene rings is 1. The molecule has 0 aliphatic heterocycles. The molecule has 0 saturated heterocycles. The van der Waals surface area contributed by atoms with Crippen molar-refractivity contribution in [2.24, 2.45) is 5.41 Å². The summed E-state index contributed by atoms with van der Waals surface area (Å²) < 4.78 is 5.11. The Labute approximate surface area is 102 Å². The first kappa shape index (κ1) is 11.9. The summed E-state index contributed by atoms with van der Waals surface area (Å²) in [6, 6.07) is 5.89. The van der Waals surface area contributed by atoms with Gasteiger partial charge in [-0.2, -0.15) is 0 Å². The van der Waals surface area contributed by atoms with Crippen LogP contribution in [-0.4, -0.2) is 5.97 Å². The van der Waals surface area contributed by atoms with Crippen LogP contribution in [-0.2, 0) is 11.2 Å². The van der Waals surface area contributed by atoms with Gasteiger partial charge in [-0.15, -0.1) is 0 Å². The highest BCUT2D eigenvalue weighted by molar-refractivity contribution is 5.73. The average molecular weight is 230 g/mol. The number of carbonyl (C=O) groups is 1. The van der Waals surface area contributed by atoms with Crippen molar-refractivity contribution in [1.82, 2.24) is 0 Å². The lowest BCUT2D eigenvalue weighted by Crippen LogP contribution is -2.17. The summed E-state index contributed by atoms with van der Waals surface area (Å²) >= 11 is 0. The molecule has 0 spiro atoms. The summed E-state index contributed by atoms with van der Waals surface area (Å²) in [5.74, 6) is 0.353. The van der Waals surface area contributed by atoms with Crippen LogP contribution in [0.25, 0.3) is 5.57 Å². The molecule has 0 atom stereocenters. The van der Waals surface area contributed by atoms with Crippen molar-refractivity contribution in [3.63, 3.8) is 0 Å². The zero-order valence-corrected chi connectivity index (χ0v) is 10.8. The van der Waals surface area contributed by atoms with Gasteiger partial charge >= 0.3 is 5.97 Å². The van der Waals surface area contributed by atoms with Crippen LogP contribution in [0.1, 0.15) is 38.8 Å². The van der Waals surface area contributed by atoms with Gasteiger partial charge in [0.15, 0.2) is 0 Å². The molecule has 0 radical (unpaired) electrons. The number of carbonyl (C=O) groups excluding carboxylic acids is 1. The van der Waals surface area contributed by atoms with Gasteiger partial charge in [0.1, 0.15) is 5.75 Å². The van der Waals surface area contributed by atoms with Crippen LogP contribution < -0.4 is 4.74 Å². The van der Waals surface area contributed by atoms with Crippen LogP contribution in [0, 0.1) is 5.41 Å². The highest BCUT2D eigenvalue weighted by Gasteiger charge is 2.23. The molecule has 2 heteroatoms. The van der Waals surface area contributed by atoms with Gasteiger partial charge in [-0.25, -0.2) is 0 Å². The van der Waals surface area contributed by atoms with E-state index in [9.17, 15) is 4.79 Å². The second kappa shape index (κ2) is 4.02. The molecule has 0 unspecified atom stereocenters. The number of hydrogen-bond acceptors (Lipinski definition) is 2. The van der Waals surface area contributed by atoms with Crippen molar-refractivity contribution in [2.45, 2.75) is 34.1 Å². The zero-order valence-electron chi connectivity index (χ0n) is 10.8. The second-order valence-electron chi connectivity index (χ2n) is 5.41. The third kappa shape index (κ3) is 2.57. The summed E-state index contributed by atoms with van der Waals surface area (Å²) in [6.45, 7) is 8.00. The molecule has 0 amide bonds. The number of fused-ring (bicyclic) bond motifs is 1. The standard InChI is InChI=1S/C15H18O2/c1-10-8-15(3,4)9-12-5-6-13(7-14(10)12)17-11(2)16/h5-8H,9H2,1-4H3. The molecule has 1 aliphatic carbocycles. The Hall–Kier alpha value is -1.57. The molecule has 90 valence electrons. The zero-order chi connectivity index (χ0) is 12.6. The Morgan fingerprint density at radius 1 is 1.35 bits per heavy atom. The predicted octanol–water partition coefficient (Wildman–Crippen LogP) is 3.60. The van der Waals surface area contributed by atoms with Gasteiger partial charge in [0.2, 0.25) is 0 Å². The first-order chi connectivity index (χ1) is 7.87. The first-order valence-electron chi connectivity index (χ1n) is 5.88. The van der Waals surface area contributed by atoms with Crippen LogP contribution in [0.4, 0.5) is 0 Å². The van der Waals surface area contributed by atoms with Gasteiger partial charge in [0.25, 0.3) is 0 Å². The minimum Gasteiger partial charge on any atom is -0.427 e. The van der Waals surface area contributed by atoms with Crippen molar-refractivity contribution in [2.75, 3.05) is 0 Å². The summed E-state index contributed by atoms with van der Waals surface area (Å²) in [6.07, 6.45) is 3.31. The summed E-state index contributed by atoms with van der Waals surface area (Å²) in [7, 11) is 0. The molecule has 0 N–H and O–H groups in total. The van der Waals surface area contributed by atoms with Crippen molar-refractivity contribution < 1.29 is 9.53 Å². The highest BCUT2D eigenvalue weighted by Crippen LogP contribution is 2.37. The minimum atomic E-state index is -0.275. The van der Waals surface area contributed by atoms with E-state index < -0.39 is 0 Å². The third-order valence-corrected chi connectivity index (χ3v) is 3.02. The van der Waals surface area contributed by atoms with E-state index in [-0.39, 0.29) is 11.4 Å². The molecule has 1 aromatic rings. The second-order valence-corrected chi connectivity index (χ2v) is 5.41. The van der Waals surface area contributed by atoms with Crippen LogP contribution in [0.3, 0.4) is 0 Å². The van der Waals surface area contributed by atoms with E-state index in [1.54, 1.807) is 0 Å². The van der Waals surface area contributed by atoms with Gasteiger partial charge in [-0.3, -0.25) is 4.79 Å². The van der Waals surface area contributed by atoms with Crippen molar-refractivity contribution in [3.05, 3.63) is 35.4 Å². The SMILES string of the molecule is CC(=O)Oc1ccc2c(c1)C(C)=CC(C)(C)C2. The first-order valence-corrected chi connectivity index (χ1v) is 5.88.